The Kier molecular flexibility index (Phi) is 7.14. The van der Waals surface area contributed by atoms with Crippen molar-refractivity contribution >= 4 is 35.2 Å². The number of amides is 4. The molecule has 1 aromatic rings. The van der Waals surface area contributed by atoms with Crippen LogP contribution in [0.3, 0.4) is 0 Å². The summed E-state index contributed by atoms with van der Waals surface area (Å²) in [5.74, 6) is -1.03. The third kappa shape index (κ3) is 5.15. The molecule has 0 radical (unpaired) electrons. The molecular weight excluding hydrogens is 400 g/mol. The largest absolute Gasteiger partial charge is 0.466 e. The van der Waals surface area contributed by atoms with E-state index >= 15 is 0 Å². The maximum atomic E-state index is 13.2. The van der Waals surface area contributed by atoms with Gasteiger partial charge in [0, 0.05) is 13.1 Å². The molecule has 1 atom stereocenters. The zero-order valence-corrected chi connectivity index (χ0v) is 18.2. The molecule has 2 aliphatic rings. The summed E-state index contributed by atoms with van der Waals surface area (Å²) in [6.07, 6.45) is 1.09. The Morgan fingerprint density at radius 1 is 1.19 bits per heavy atom. The minimum absolute atomic E-state index is 0.118. The molecular formula is C22H30N4O5. The zero-order chi connectivity index (χ0) is 22.5. The van der Waals surface area contributed by atoms with E-state index in [0.29, 0.717) is 43.9 Å². The Hall–Kier alpha value is -3.10. The van der Waals surface area contributed by atoms with Gasteiger partial charge in [0.05, 0.1) is 23.9 Å². The van der Waals surface area contributed by atoms with Gasteiger partial charge in [-0.15, -0.1) is 0 Å². The van der Waals surface area contributed by atoms with Crippen LogP contribution < -0.4 is 15.5 Å². The second-order valence-electron chi connectivity index (χ2n) is 8.17. The molecule has 1 saturated heterocycles. The van der Waals surface area contributed by atoms with Crippen molar-refractivity contribution in [3.05, 3.63) is 24.3 Å². The summed E-state index contributed by atoms with van der Waals surface area (Å²) in [6, 6.07) is 5.82. The van der Waals surface area contributed by atoms with Crippen molar-refractivity contribution in [2.24, 2.45) is 11.8 Å². The van der Waals surface area contributed by atoms with Crippen molar-refractivity contribution in [1.82, 2.24) is 10.2 Å². The van der Waals surface area contributed by atoms with E-state index < -0.39 is 12.1 Å². The average Bonchev–Trinajstić information content (AvgIpc) is 2.76. The first-order valence-electron chi connectivity index (χ1n) is 10.7. The monoisotopic (exact) mass is 430 g/mol. The summed E-state index contributed by atoms with van der Waals surface area (Å²) in [7, 11) is 0. The van der Waals surface area contributed by atoms with Gasteiger partial charge in [0.1, 0.15) is 12.6 Å². The molecule has 9 heteroatoms. The number of urea groups is 1. The Morgan fingerprint density at radius 3 is 2.52 bits per heavy atom. The summed E-state index contributed by atoms with van der Waals surface area (Å²) >= 11 is 0. The third-order valence-electron chi connectivity index (χ3n) is 5.65. The number of para-hydroxylation sites is 2. The first-order valence-corrected chi connectivity index (χ1v) is 10.7. The molecule has 9 nitrogen and oxygen atoms in total. The van der Waals surface area contributed by atoms with Crippen LogP contribution in [0.2, 0.25) is 0 Å². The molecule has 3 rings (SSSR count). The van der Waals surface area contributed by atoms with E-state index in [-0.39, 0.29) is 36.2 Å². The Morgan fingerprint density at radius 2 is 1.87 bits per heavy atom. The molecule has 0 saturated carbocycles. The fraction of sp³-hybridized carbons (Fsp3) is 0.545. The van der Waals surface area contributed by atoms with E-state index in [2.05, 4.69) is 10.6 Å². The van der Waals surface area contributed by atoms with Crippen LogP contribution >= 0.6 is 0 Å². The Balaban J connectivity index is 1.66. The van der Waals surface area contributed by atoms with Crippen LogP contribution in [-0.2, 0) is 19.1 Å². The number of ether oxygens (including phenoxy) is 1. The third-order valence-corrected chi connectivity index (χ3v) is 5.65. The van der Waals surface area contributed by atoms with Crippen molar-refractivity contribution in [1.29, 1.82) is 0 Å². The lowest BCUT2D eigenvalue weighted by molar-refractivity contribution is -0.151. The highest BCUT2D eigenvalue weighted by Gasteiger charge is 2.35. The molecule has 1 fully saturated rings. The summed E-state index contributed by atoms with van der Waals surface area (Å²) < 4.78 is 5.08. The van der Waals surface area contributed by atoms with Gasteiger partial charge < -0.3 is 20.3 Å². The van der Waals surface area contributed by atoms with Gasteiger partial charge in [0.2, 0.25) is 11.8 Å². The van der Waals surface area contributed by atoms with Crippen LogP contribution in [-0.4, -0.2) is 61.0 Å². The summed E-state index contributed by atoms with van der Waals surface area (Å²) in [5.41, 5.74) is 1.15. The maximum absolute atomic E-state index is 13.2. The number of benzene rings is 1. The van der Waals surface area contributed by atoms with E-state index in [0.717, 1.165) is 0 Å². The van der Waals surface area contributed by atoms with Gasteiger partial charge in [0.25, 0.3) is 0 Å². The molecule has 4 amide bonds. The molecule has 0 spiro atoms. The minimum Gasteiger partial charge on any atom is -0.466 e. The van der Waals surface area contributed by atoms with Crippen LogP contribution in [0.4, 0.5) is 16.2 Å². The van der Waals surface area contributed by atoms with Gasteiger partial charge in [-0.2, -0.15) is 0 Å². The smallest absolute Gasteiger partial charge is 0.323 e. The highest BCUT2D eigenvalue weighted by molar-refractivity contribution is 6.10. The predicted molar refractivity (Wildman–Crippen MR) is 116 cm³/mol. The predicted octanol–water partition coefficient (Wildman–Crippen LogP) is 1.98. The molecule has 0 bridgehead atoms. The molecule has 2 N–H and O–H groups in total. The van der Waals surface area contributed by atoms with Gasteiger partial charge in [-0.05, 0) is 37.8 Å². The lowest BCUT2D eigenvalue weighted by Crippen LogP contribution is -2.57. The molecule has 168 valence electrons. The maximum Gasteiger partial charge on any atom is 0.323 e. The fourth-order valence-electron chi connectivity index (χ4n) is 3.93. The average molecular weight is 431 g/mol. The normalized spacial score (nSPS) is 17.6. The lowest BCUT2D eigenvalue weighted by Gasteiger charge is -2.36. The van der Waals surface area contributed by atoms with Crippen LogP contribution in [0.5, 0.6) is 0 Å². The van der Waals surface area contributed by atoms with Crippen molar-refractivity contribution < 1.29 is 23.9 Å². The topological polar surface area (TPSA) is 108 Å². The highest BCUT2D eigenvalue weighted by atomic mass is 16.5. The minimum atomic E-state index is -0.733. The van der Waals surface area contributed by atoms with Crippen LogP contribution in [0.25, 0.3) is 0 Å². The fourth-order valence-corrected chi connectivity index (χ4v) is 3.93. The van der Waals surface area contributed by atoms with Gasteiger partial charge in [0.15, 0.2) is 0 Å². The van der Waals surface area contributed by atoms with Crippen molar-refractivity contribution in [2.45, 2.75) is 39.7 Å². The number of hydrogen-bond acceptors (Lipinski definition) is 5. The molecule has 31 heavy (non-hydrogen) atoms. The summed E-state index contributed by atoms with van der Waals surface area (Å²) in [5, 5.41) is 5.57. The number of likely N-dealkylation sites (tertiary alicyclic amines) is 1. The second-order valence-corrected chi connectivity index (χ2v) is 8.17. The number of hydrogen-bond donors (Lipinski definition) is 2. The summed E-state index contributed by atoms with van der Waals surface area (Å²) in [4.78, 5) is 53.2. The second kappa shape index (κ2) is 9.80. The first kappa shape index (κ1) is 22.6. The number of carbonyl (C=O) groups is 4. The number of anilines is 2. The SMILES string of the molecule is CCOC(=O)C1CCN(C(=O)[C@H](NC(=O)N2CC(=O)Nc3ccccc32)C(C)C)CC1. The number of rotatable bonds is 5. The number of carbonyl (C=O) groups excluding carboxylic acids is 4. The molecule has 0 aromatic heterocycles. The number of nitrogens with one attached hydrogen (secondary N) is 2. The van der Waals surface area contributed by atoms with E-state index in [1.54, 1.807) is 36.1 Å². The van der Waals surface area contributed by atoms with Crippen LogP contribution in [0.1, 0.15) is 33.6 Å². The standard InChI is InChI=1S/C22H30N4O5/c1-4-31-21(29)15-9-11-25(12-10-15)20(28)19(14(2)3)24-22(30)26-13-18(27)23-16-7-5-6-8-17(16)26/h5-8,14-15,19H,4,9-13H2,1-3H3,(H,23,27)(H,24,30)/t19-/m1/s1. The van der Waals surface area contributed by atoms with E-state index in [1.165, 1.54) is 4.90 Å². The Bertz CT molecular complexity index is 848. The van der Waals surface area contributed by atoms with Crippen LogP contribution in [0, 0.1) is 11.8 Å². The molecule has 1 aromatic carbocycles. The molecule has 0 unspecified atom stereocenters. The molecule has 0 aliphatic carbocycles. The van der Waals surface area contributed by atoms with E-state index in [1.807, 2.05) is 13.8 Å². The van der Waals surface area contributed by atoms with Crippen LogP contribution in [0.15, 0.2) is 24.3 Å². The number of esters is 1. The quantitative estimate of drug-likeness (QED) is 0.695. The van der Waals surface area contributed by atoms with Crippen molar-refractivity contribution in [3.63, 3.8) is 0 Å². The Labute approximate surface area is 182 Å². The van der Waals surface area contributed by atoms with Gasteiger partial charge in [-0.3, -0.25) is 19.3 Å². The molecule has 2 heterocycles. The number of piperidine rings is 1. The van der Waals surface area contributed by atoms with Gasteiger partial charge in [-0.1, -0.05) is 26.0 Å². The summed E-state index contributed by atoms with van der Waals surface area (Å²) in [6.45, 7) is 6.61. The first-order chi connectivity index (χ1) is 14.8. The van der Waals surface area contributed by atoms with Crippen molar-refractivity contribution in [3.8, 4) is 0 Å². The van der Waals surface area contributed by atoms with Gasteiger partial charge >= 0.3 is 12.0 Å². The number of nitrogens with zero attached hydrogens (tertiary/aromatic N) is 2. The van der Waals surface area contributed by atoms with E-state index in [9.17, 15) is 19.2 Å². The molecule has 2 aliphatic heterocycles. The zero-order valence-electron chi connectivity index (χ0n) is 18.2. The van der Waals surface area contributed by atoms with Crippen molar-refractivity contribution in [2.75, 3.05) is 36.5 Å². The number of fused-ring (bicyclic) bond motifs is 1. The van der Waals surface area contributed by atoms with E-state index in [4.69, 9.17) is 4.74 Å². The van der Waals surface area contributed by atoms with Gasteiger partial charge in [-0.25, -0.2) is 4.79 Å². The lowest BCUT2D eigenvalue weighted by atomic mass is 9.95. The highest BCUT2D eigenvalue weighted by Crippen LogP contribution is 2.29.